The number of halogens is 2. The Balaban J connectivity index is 2.01. The molecule has 1 heterocycles. The Morgan fingerprint density at radius 3 is 2.86 bits per heavy atom. The topological polar surface area (TPSA) is 49.3 Å². The molecule has 2 rings (SSSR count). The van der Waals surface area contributed by atoms with Gasteiger partial charge in [-0.05, 0) is 30.3 Å². The van der Waals surface area contributed by atoms with E-state index >= 15 is 0 Å². The lowest BCUT2D eigenvalue weighted by Gasteiger charge is -2.05. The molecule has 0 atom stereocenters. The van der Waals surface area contributed by atoms with Crippen LogP contribution < -0.4 is 5.32 Å². The maximum atomic E-state index is 13.4. The lowest BCUT2D eigenvalue weighted by atomic mass is 10.2. The van der Waals surface area contributed by atoms with E-state index in [4.69, 9.17) is 5.11 Å². The number of nitrogens with one attached hydrogen (secondary N) is 1. The number of carbonyl (C=O) groups excluding carboxylic acids is 1. The second-order valence-electron chi connectivity index (χ2n) is 4.04. The third kappa shape index (κ3) is 4.12. The number of hydrogen-bond donors (Lipinski definition) is 2. The van der Waals surface area contributed by atoms with Gasteiger partial charge in [-0.1, -0.05) is 11.8 Å². The molecule has 1 amide bonds. The summed E-state index contributed by atoms with van der Waals surface area (Å²) in [5.74, 6) is 3.65. The van der Waals surface area contributed by atoms with Crippen LogP contribution in [0.1, 0.15) is 20.1 Å². The van der Waals surface area contributed by atoms with E-state index in [1.165, 1.54) is 0 Å². The van der Waals surface area contributed by atoms with Gasteiger partial charge in [0.05, 0.1) is 9.75 Å². The Bertz CT molecular complexity index is 716. The van der Waals surface area contributed by atoms with Gasteiger partial charge in [0.15, 0.2) is 0 Å². The first-order chi connectivity index (χ1) is 10.1. The second-order valence-corrected chi connectivity index (χ2v) is 5.13. The Morgan fingerprint density at radius 2 is 2.10 bits per heavy atom. The third-order valence-electron chi connectivity index (χ3n) is 2.57. The molecule has 0 unspecified atom stereocenters. The fourth-order valence-electron chi connectivity index (χ4n) is 1.60. The van der Waals surface area contributed by atoms with Crippen molar-refractivity contribution in [2.45, 2.75) is 6.54 Å². The number of thiophene rings is 1. The molecule has 6 heteroatoms. The van der Waals surface area contributed by atoms with Gasteiger partial charge >= 0.3 is 0 Å². The molecule has 0 bridgehead atoms. The lowest BCUT2D eigenvalue weighted by Crippen LogP contribution is -2.22. The van der Waals surface area contributed by atoms with Gasteiger partial charge in [-0.15, -0.1) is 11.3 Å². The summed E-state index contributed by atoms with van der Waals surface area (Å²) in [7, 11) is 0. The number of carbonyl (C=O) groups is 1. The molecule has 0 aliphatic heterocycles. The number of hydrogen-bond acceptors (Lipinski definition) is 3. The van der Waals surface area contributed by atoms with Crippen molar-refractivity contribution in [3.8, 4) is 11.8 Å². The van der Waals surface area contributed by atoms with Crippen LogP contribution in [0.2, 0.25) is 0 Å². The molecule has 2 N–H and O–H groups in total. The highest BCUT2D eigenvalue weighted by Crippen LogP contribution is 2.16. The van der Waals surface area contributed by atoms with E-state index in [1.807, 2.05) is 0 Å². The van der Waals surface area contributed by atoms with E-state index in [0.717, 1.165) is 29.5 Å². The molecule has 0 aliphatic rings. The molecule has 0 saturated carbocycles. The number of amides is 1. The first-order valence-electron chi connectivity index (χ1n) is 6.02. The Morgan fingerprint density at radius 1 is 1.29 bits per heavy atom. The molecule has 0 radical (unpaired) electrons. The molecule has 0 fully saturated rings. The minimum absolute atomic E-state index is 0.0835. The molecule has 1 aromatic carbocycles. The molecule has 2 aromatic rings. The maximum Gasteiger partial charge on any atom is 0.261 e. The number of aliphatic hydroxyl groups excluding tert-OH is 1. The van der Waals surface area contributed by atoms with Gasteiger partial charge in [0.25, 0.3) is 5.91 Å². The third-order valence-corrected chi connectivity index (χ3v) is 3.57. The molecule has 3 nitrogen and oxygen atoms in total. The summed E-state index contributed by atoms with van der Waals surface area (Å²) in [6.45, 7) is -0.351. The van der Waals surface area contributed by atoms with E-state index in [0.29, 0.717) is 9.75 Å². The highest BCUT2D eigenvalue weighted by atomic mass is 32.1. The summed E-state index contributed by atoms with van der Waals surface area (Å²) in [6.07, 6.45) is 0. The van der Waals surface area contributed by atoms with Gasteiger partial charge < -0.3 is 10.4 Å². The van der Waals surface area contributed by atoms with Gasteiger partial charge in [-0.3, -0.25) is 4.79 Å². The van der Waals surface area contributed by atoms with Gasteiger partial charge in [0.2, 0.25) is 0 Å². The second kappa shape index (κ2) is 6.97. The summed E-state index contributed by atoms with van der Waals surface area (Å²) < 4.78 is 26.4. The van der Waals surface area contributed by atoms with Crippen molar-refractivity contribution in [1.82, 2.24) is 5.32 Å². The smallest absolute Gasteiger partial charge is 0.261 e. The average Bonchev–Trinajstić information content (AvgIpc) is 2.94. The lowest BCUT2D eigenvalue weighted by molar-refractivity contribution is 0.0954. The molecule has 21 heavy (non-hydrogen) atoms. The molecule has 0 spiro atoms. The van der Waals surface area contributed by atoms with Gasteiger partial charge in [0.1, 0.15) is 18.2 Å². The molecular formula is C15H11F2NO2S. The monoisotopic (exact) mass is 307 g/mol. The van der Waals surface area contributed by atoms with E-state index in [2.05, 4.69) is 17.2 Å². The van der Waals surface area contributed by atoms with Crippen LogP contribution in [0.25, 0.3) is 0 Å². The average molecular weight is 307 g/mol. The number of rotatable bonds is 3. The predicted octanol–water partition coefficient (Wildman–Crippen LogP) is 2.30. The Kier molecular flexibility index (Phi) is 5.04. The van der Waals surface area contributed by atoms with Crippen LogP contribution in [0.3, 0.4) is 0 Å². The van der Waals surface area contributed by atoms with Crippen molar-refractivity contribution in [3.63, 3.8) is 0 Å². The first kappa shape index (κ1) is 15.2. The van der Waals surface area contributed by atoms with Crippen molar-refractivity contribution in [1.29, 1.82) is 0 Å². The Labute approximate surface area is 124 Å². The van der Waals surface area contributed by atoms with Crippen molar-refractivity contribution in [2.24, 2.45) is 0 Å². The normalized spacial score (nSPS) is 9.86. The summed E-state index contributed by atoms with van der Waals surface area (Å²) in [5.41, 5.74) is 0.0835. The zero-order valence-corrected chi connectivity index (χ0v) is 11.6. The van der Waals surface area contributed by atoms with E-state index in [1.54, 1.807) is 12.1 Å². The van der Waals surface area contributed by atoms with Crippen molar-refractivity contribution < 1.29 is 18.7 Å². The maximum absolute atomic E-state index is 13.4. The van der Waals surface area contributed by atoms with Gasteiger partial charge in [-0.25, -0.2) is 8.78 Å². The summed E-state index contributed by atoms with van der Waals surface area (Å²) >= 11 is 1.16. The van der Waals surface area contributed by atoms with Crippen LogP contribution in [0.5, 0.6) is 0 Å². The zero-order valence-electron chi connectivity index (χ0n) is 10.8. The summed E-state index contributed by atoms with van der Waals surface area (Å²) in [4.78, 5) is 12.9. The van der Waals surface area contributed by atoms with Crippen LogP contribution in [-0.2, 0) is 6.54 Å². The van der Waals surface area contributed by atoms with Gasteiger partial charge in [0, 0.05) is 12.1 Å². The minimum atomic E-state index is -0.572. The quantitative estimate of drug-likeness (QED) is 0.855. The van der Waals surface area contributed by atoms with E-state index in [9.17, 15) is 13.6 Å². The van der Waals surface area contributed by atoms with Crippen LogP contribution in [-0.4, -0.2) is 17.6 Å². The summed E-state index contributed by atoms with van der Waals surface area (Å²) in [6, 6.07) is 6.33. The van der Waals surface area contributed by atoms with Gasteiger partial charge in [-0.2, -0.15) is 0 Å². The largest absolute Gasteiger partial charge is 0.384 e. The van der Waals surface area contributed by atoms with Crippen molar-refractivity contribution in [3.05, 3.63) is 57.3 Å². The van der Waals surface area contributed by atoms with Crippen LogP contribution in [0, 0.1) is 23.5 Å². The standard InChI is InChI=1S/C15H11F2NO2S/c16-11-3-5-13(17)10(8-11)9-18-15(20)14-6-4-12(21-14)2-1-7-19/h3-6,8,19H,7,9H2,(H,18,20). The predicted molar refractivity (Wildman–Crippen MR) is 75.8 cm³/mol. The molecule has 108 valence electrons. The first-order valence-corrected chi connectivity index (χ1v) is 6.83. The van der Waals surface area contributed by atoms with Crippen LogP contribution in [0.4, 0.5) is 8.78 Å². The van der Waals surface area contributed by atoms with E-state index < -0.39 is 11.6 Å². The molecule has 1 aromatic heterocycles. The molecule has 0 aliphatic carbocycles. The zero-order chi connectivity index (χ0) is 15.2. The van der Waals surface area contributed by atoms with Crippen LogP contribution >= 0.6 is 11.3 Å². The fourth-order valence-corrected chi connectivity index (χ4v) is 2.39. The minimum Gasteiger partial charge on any atom is -0.384 e. The summed E-state index contributed by atoms with van der Waals surface area (Å²) in [5, 5.41) is 11.1. The fraction of sp³-hybridized carbons (Fsp3) is 0.133. The molecule has 0 saturated heterocycles. The molecular weight excluding hydrogens is 296 g/mol. The van der Waals surface area contributed by atoms with Crippen molar-refractivity contribution in [2.75, 3.05) is 6.61 Å². The SMILES string of the molecule is O=C(NCc1cc(F)ccc1F)c1ccc(C#CCO)s1. The highest BCUT2D eigenvalue weighted by molar-refractivity contribution is 7.14. The Hall–Kier alpha value is -2.23. The van der Waals surface area contributed by atoms with E-state index in [-0.39, 0.29) is 24.6 Å². The highest BCUT2D eigenvalue weighted by Gasteiger charge is 2.10. The number of benzene rings is 1. The van der Waals surface area contributed by atoms with Crippen LogP contribution in [0.15, 0.2) is 30.3 Å². The number of aliphatic hydroxyl groups is 1. The van der Waals surface area contributed by atoms with Crippen molar-refractivity contribution >= 4 is 17.2 Å².